The van der Waals surface area contributed by atoms with Crippen LogP contribution in [-0.2, 0) is 4.74 Å². The van der Waals surface area contributed by atoms with Crippen LogP contribution in [0.5, 0.6) is 11.5 Å². The van der Waals surface area contributed by atoms with E-state index in [2.05, 4.69) is 31.9 Å². The molecule has 2 unspecified atom stereocenters. The van der Waals surface area contributed by atoms with Gasteiger partial charge in [0.25, 0.3) is 0 Å². The normalized spacial score (nSPS) is 24.0. The fourth-order valence-corrected chi connectivity index (χ4v) is 4.00. The summed E-state index contributed by atoms with van der Waals surface area (Å²) in [5.41, 5.74) is 1.16. The average molecular weight is 378 g/mol. The van der Waals surface area contributed by atoms with Gasteiger partial charge in [-0.3, -0.25) is 0 Å². The number of fused-ring (bicyclic) bond motifs is 1. The summed E-state index contributed by atoms with van der Waals surface area (Å²) < 4.78 is 17.9. The Balaban J connectivity index is 1.90. The molecular formula is C13H14Br2O3. The first kappa shape index (κ1) is 12.8. The maximum absolute atomic E-state index is 5.73. The Bertz CT molecular complexity index is 444. The number of ether oxygens (including phenoxy) is 3. The van der Waals surface area contributed by atoms with E-state index in [1.54, 1.807) is 0 Å². The minimum absolute atomic E-state index is 0.185. The maximum atomic E-state index is 5.73. The summed E-state index contributed by atoms with van der Waals surface area (Å²) in [7, 11) is 0. The molecule has 0 saturated carbocycles. The van der Waals surface area contributed by atoms with Crippen LogP contribution in [0, 0.1) is 0 Å². The summed E-state index contributed by atoms with van der Waals surface area (Å²) in [6.45, 7) is 2.08. The highest BCUT2D eigenvalue weighted by atomic mass is 79.9. The van der Waals surface area contributed by atoms with E-state index in [0.717, 1.165) is 41.0 Å². The van der Waals surface area contributed by atoms with Crippen LogP contribution in [-0.4, -0.2) is 25.9 Å². The van der Waals surface area contributed by atoms with Crippen LogP contribution in [0.3, 0.4) is 0 Å². The highest BCUT2D eigenvalue weighted by Gasteiger charge is 2.28. The monoisotopic (exact) mass is 376 g/mol. The second-order valence-corrected chi connectivity index (χ2v) is 6.31. The van der Waals surface area contributed by atoms with Gasteiger partial charge in [0.05, 0.1) is 10.9 Å². The zero-order chi connectivity index (χ0) is 12.5. The van der Waals surface area contributed by atoms with Gasteiger partial charge in [-0.05, 0) is 30.5 Å². The number of alkyl halides is 1. The smallest absolute Gasteiger partial charge is 0.162 e. The van der Waals surface area contributed by atoms with Gasteiger partial charge >= 0.3 is 0 Å². The summed E-state index contributed by atoms with van der Waals surface area (Å²) in [6.07, 6.45) is 2.47. The van der Waals surface area contributed by atoms with Crippen LogP contribution in [0.2, 0.25) is 0 Å². The van der Waals surface area contributed by atoms with Crippen molar-refractivity contribution in [1.29, 1.82) is 0 Å². The zero-order valence-corrected chi connectivity index (χ0v) is 13.0. The second-order valence-electron chi connectivity index (χ2n) is 4.47. The van der Waals surface area contributed by atoms with E-state index in [1.165, 1.54) is 0 Å². The van der Waals surface area contributed by atoms with E-state index < -0.39 is 0 Å². The molecule has 0 aliphatic carbocycles. The maximum Gasteiger partial charge on any atom is 0.162 e. The standard InChI is InChI=1S/C13H14Br2O3/c14-9-7-12-11(17-4-5-18-12)6-8(9)13(15)10-2-1-3-16-10/h6-7,10,13H,1-5H2. The van der Waals surface area contributed by atoms with Crippen molar-refractivity contribution in [3.63, 3.8) is 0 Å². The molecule has 0 radical (unpaired) electrons. The SMILES string of the molecule is Brc1cc2c(cc1C(Br)C1CCCO1)OCCO2. The van der Waals surface area contributed by atoms with Gasteiger partial charge in [-0.1, -0.05) is 31.9 Å². The molecule has 0 N–H and O–H groups in total. The fraction of sp³-hybridized carbons (Fsp3) is 0.538. The highest BCUT2D eigenvalue weighted by Crippen LogP contribution is 2.43. The molecule has 1 aromatic carbocycles. The lowest BCUT2D eigenvalue weighted by atomic mass is 10.0. The Hall–Kier alpha value is -0.260. The van der Waals surface area contributed by atoms with Crippen molar-refractivity contribution in [1.82, 2.24) is 0 Å². The van der Waals surface area contributed by atoms with E-state index in [0.29, 0.717) is 13.2 Å². The first-order valence-electron chi connectivity index (χ1n) is 6.10. The summed E-state index contributed by atoms with van der Waals surface area (Å²) >= 11 is 7.34. The molecule has 2 aliphatic heterocycles. The molecule has 5 heteroatoms. The summed E-state index contributed by atoms with van der Waals surface area (Å²) in [5.74, 6) is 1.63. The lowest BCUT2D eigenvalue weighted by molar-refractivity contribution is 0.110. The van der Waals surface area contributed by atoms with Crippen LogP contribution in [0.15, 0.2) is 16.6 Å². The molecule has 18 heavy (non-hydrogen) atoms. The third-order valence-electron chi connectivity index (χ3n) is 3.25. The Morgan fingerprint density at radius 2 is 1.83 bits per heavy atom. The number of hydrogen-bond acceptors (Lipinski definition) is 3. The van der Waals surface area contributed by atoms with Crippen LogP contribution in [0.4, 0.5) is 0 Å². The lowest BCUT2D eigenvalue weighted by Crippen LogP contribution is -2.17. The third kappa shape index (κ3) is 2.40. The van der Waals surface area contributed by atoms with Gasteiger partial charge in [0.15, 0.2) is 11.5 Å². The molecule has 0 bridgehead atoms. The molecule has 1 aromatic rings. The topological polar surface area (TPSA) is 27.7 Å². The van der Waals surface area contributed by atoms with E-state index in [4.69, 9.17) is 14.2 Å². The summed E-state index contributed by atoms with van der Waals surface area (Å²) in [5, 5.41) is 0. The second kappa shape index (κ2) is 5.39. The fourth-order valence-electron chi connectivity index (χ4n) is 2.32. The van der Waals surface area contributed by atoms with Crippen LogP contribution < -0.4 is 9.47 Å². The minimum Gasteiger partial charge on any atom is -0.486 e. The first-order chi connectivity index (χ1) is 8.75. The van der Waals surface area contributed by atoms with E-state index in [1.807, 2.05) is 12.1 Å². The molecule has 1 fully saturated rings. The van der Waals surface area contributed by atoms with Crippen molar-refractivity contribution in [2.45, 2.75) is 23.8 Å². The van der Waals surface area contributed by atoms with E-state index >= 15 is 0 Å². The Labute approximate surface area is 123 Å². The molecule has 0 spiro atoms. The van der Waals surface area contributed by atoms with Crippen molar-refractivity contribution >= 4 is 31.9 Å². The first-order valence-corrected chi connectivity index (χ1v) is 7.81. The molecule has 3 nitrogen and oxygen atoms in total. The Morgan fingerprint density at radius 1 is 1.11 bits per heavy atom. The van der Waals surface area contributed by atoms with Crippen LogP contribution in [0.25, 0.3) is 0 Å². The number of hydrogen-bond donors (Lipinski definition) is 0. The van der Waals surface area contributed by atoms with Crippen LogP contribution in [0.1, 0.15) is 23.2 Å². The number of benzene rings is 1. The van der Waals surface area contributed by atoms with Crippen molar-refractivity contribution in [3.05, 3.63) is 22.2 Å². The summed E-state index contributed by atoms with van der Waals surface area (Å²) in [4.78, 5) is 0.185. The molecule has 2 heterocycles. The van der Waals surface area contributed by atoms with Crippen molar-refractivity contribution in [2.24, 2.45) is 0 Å². The van der Waals surface area contributed by atoms with Gasteiger partial charge in [0.1, 0.15) is 13.2 Å². The molecule has 2 aliphatic rings. The van der Waals surface area contributed by atoms with E-state index in [9.17, 15) is 0 Å². The molecule has 0 amide bonds. The largest absolute Gasteiger partial charge is 0.486 e. The zero-order valence-electron chi connectivity index (χ0n) is 9.83. The lowest BCUT2D eigenvalue weighted by Gasteiger charge is -2.23. The summed E-state index contributed by atoms with van der Waals surface area (Å²) in [6, 6.07) is 4.02. The van der Waals surface area contributed by atoms with Crippen LogP contribution >= 0.6 is 31.9 Å². The average Bonchev–Trinajstić information content (AvgIpc) is 2.91. The molecule has 3 rings (SSSR count). The van der Waals surface area contributed by atoms with Gasteiger partial charge in [-0.15, -0.1) is 0 Å². The molecule has 2 atom stereocenters. The third-order valence-corrected chi connectivity index (χ3v) is 5.02. The van der Waals surface area contributed by atoms with Gasteiger partial charge in [-0.25, -0.2) is 0 Å². The van der Waals surface area contributed by atoms with Gasteiger partial charge in [-0.2, -0.15) is 0 Å². The predicted molar refractivity (Wildman–Crippen MR) is 75.8 cm³/mol. The molecular weight excluding hydrogens is 364 g/mol. The van der Waals surface area contributed by atoms with Gasteiger partial charge in [0, 0.05) is 11.1 Å². The van der Waals surface area contributed by atoms with Gasteiger partial charge < -0.3 is 14.2 Å². The highest BCUT2D eigenvalue weighted by molar-refractivity contribution is 9.11. The van der Waals surface area contributed by atoms with Crippen molar-refractivity contribution in [2.75, 3.05) is 19.8 Å². The van der Waals surface area contributed by atoms with E-state index in [-0.39, 0.29) is 10.9 Å². The van der Waals surface area contributed by atoms with Gasteiger partial charge in [0.2, 0.25) is 0 Å². The molecule has 1 saturated heterocycles. The molecule has 0 aromatic heterocycles. The Kier molecular flexibility index (Phi) is 3.82. The quantitative estimate of drug-likeness (QED) is 0.733. The Morgan fingerprint density at radius 3 is 2.50 bits per heavy atom. The molecule has 98 valence electrons. The van der Waals surface area contributed by atoms with Crippen molar-refractivity contribution < 1.29 is 14.2 Å². The number of halogens is 2. The van der Waals surface area contributed by atoms with Crippen molar-refractivity contribution in [3.8, 4) is 11.5 Å². The predicted octanol–water partition coefficient (Wildman–Crippen LogP) is 3.84. The minimum atomic E-state index is 0.185. The number of rotatable bonds is 2.